The van der Waals surface area contributed by atoms with Gasteiger partial charge in [0.15, 0.2) is 5.82 Å². The van der Waals surface area contributed by atoms with E-state index in [1.165, 1.54) is 11.3 Å². The zero-order chi connectivity index (χ0) is 22.0. The summed E-state index contributed by atoms with van der Waals surface area (Å²) in [5.74, 6) is 1.01. The molecular formula is C24H28ClN7S. The van der Waals surface area contributed by atoms with Crippen LogP contribution in [-0.2, 0) is 6.42 Å². The van der Waals surface area contributed by atoms with E-state index in [-0.39, 0.29) is 23.9 Å². The summed E-state index contributed by atoms with van der Waals surface area (Å²) in [7, 11) is 0. The minimum atomic E-state index is 0. The second-order valence-electron chi connectivity index (χ2n) is 9.19. The molecule has 2 N–H and O–H groups in total. The van der Waals surface area contributed by atoms with Gasteiger partial charge in [-0.2, -0.15) is 5.10 Å². The van der Waals surface area contributed by atoms with Crippen molar-refractivity contribution in [1.82, 2.24) is 24.6 Å². The summed E-state index contributed by atoms with van der Waals surface area (Å²) in [6.45, 7) is 8.06. The standard InChI is InChI=1S/C24H27N7S.ClH/c1-14-20(21-15(2)28-16(3)32-21)31-19(6-10-27-31)23(29-14)30-11-7-24(8-12-30)13-18-17(22(24)25)5-4-9-26-18;/h4-6,9-10,22H,7-8,11-13,25H2,1-3H3;1H/t22-;/m1./s1. The Balaban J connectivity index is 0.00000228. The number of nitrogens with zero attached hydrogens (tertiary/aromatic N) is 6. The summed E-state index contributed by atoms with van der Waals surface area (Å²) in [6.07, 6.45) is 6.82. The third-order valence-corrected chi connectivity index (χ3v) is 8.40. The van der Waals surface area contributed by atoms with Gasteiger partial charge in [0.2, 0.25) is 0 Å². The number of piperidine rings is 1. The van der Waals surface area contributed by atoms with E-state index in [9.17, 15) is 0 Å². The van der Waals surface area contributed by atoms with E-state index in [2.05, 4.69) is 45.9 Å². The van der Waals surface area contributed by atoms with E-state index in [0.717, 1.165) is 70.7 Å². The molecule has 0 saturated carbocycles. The van der Waals surface area contributed by atoms with Crippen molar-refractivity contribution >= 4 is 35.1 Å². The van der Waals surface area contributed by atoms with Crippen molar-refractivity contribution in [2.24, 2.45) is 11.1 Å². The van der Waals surface area contributed by atoms with Crippen LogP contribution in [0.5, 0.6) is 0 Å². The second kappa shape index (κ2) is 8.04. The zero-order valence-electron chi connectivity index (χ0n) is 19.1. The fourth-order valence-electron chi connectivity index (χ4n) is 5.62. The third kappa shape index (κ3) is 3.34. The molecule has 1 spiro atoms. The maximum absolute atomic E-state index is 6.75. The Morgan fingerprint density at radius 1 is 1.06 bits per heavy atom. The topological polar surface area (TPSA) is 85.2 Å². The number of halogens is 1. The normalized spacial score (nSPS) is 19.2. The zero-order valence-corrected chi connectivity index (χ0v) is 20.7. The smallest absolute Gasteiger partial charge is 0.155 e. The van der Waals surface area contributed by atoms with Crippen LogP contribution in [0.2, 0.25) is 0 Å². The number of nitrogens with two attached hydrogens (primary N) is 1. The first-order valence-corrected chi connectivity index (χ1v) is 12.0. The lowest BCUT2D eigenvalue weighted by molar-refractivity contribution is 0.187. The highest BCUT2D eigenvalue weighted by Crippen LogP contribution is 2.50. The molecule has 0 unspecified atom stereocenters. The number of hydrogen-bond donors (Lipinski definition) is 1. The van der Waals surface area contributed by atoms with Gasteiger partial charge >= 0.3 is 0 Å². The maximum atomic E-state index is 6.75. The van der Waals surface area contributed by atoms with Gasteiger partial charge in [-0.3, -0.25) is 4.98 Å². The van der Waals surface area contributed by atoms with Gasteiger partial charge in [-0.25, -0.2) is 14.5 Å². The van der Waals surface area contributed by atoms with Crippen LogP contribution >= 0.6 is 23.7 Å². The third-order valence-electron chi connectivity index (χ3n) is 7.32. The molecule has 9 heteroatoms. The fourth-order valence-corrected chi connectivity index (χ4v) is 6.63. The molecule has 2 aliphatic rings. The molecule has 1 aliphatic carbocycles. The minimum absolute atomic E-state index is 0. The molecule has 1 atom stereocenters. The summed E-state index contributed by atoms with van der Waals surface area (Å²) in [5.41, 5.74) is 13.4. The van der Waals surface area contributed by atoms with Gasteiger partial charge in [0, 0.05) is 31.0 Å². The van der Waals surface area contributed by atoms with Crippen molar-refractivity contribution in [3.05, 3.63) is 58.2 Å². The Morgan fingerprint density at radius 2 is 1.85 bits per heavy atom. The Bertz CT molecular complexity index is 1340. The second-order valence-corrected chi connectivity index (χ2v) is 10.4. The predicted molar refractivity (Wildman–Crippen MR) is 134 cm³/mol. The van der Waals surface area contributed by atoms with Crippen molar-refractivity contribution in [2.75, 3.05) is 18.0 Å². The quantitative estimate of drug-likeness (QED) is 0.455. The molecular weight excluding hydrogens is 454 g/mol. The molecule has 0 aromatic carbocycles. The monoisotopic (exact) mass is 481 g/mol. The summed E-state index contributed by atoms with van der Waals surface area (Å²) in [4.78, 5) is 17.9. The highest BCUT2D eigenvalue weighted by molar-refractivity contribution is 7.15. The molecule has 0 amide bonds. The Kier molecular flexibility index (Phi) is 5.42. The Hall–Kier alpha value is -2.55. The average Bonchev–Trinajstić information content (AvgIpc) is 3.46. The van der Waals surface area contributed by atoms with E-state index in [0.29, 0.717) is 0 Å². The van der Waals surface area contributed by atoms with Gasteiger partial charge < -0.3 is 10.6 Å². The van der Waals surface area contributed by atoms with Crippen molar-refractivity contribution in [1.29, 1.82) is 0 Å². The number of pyridine rings is 1. The summed E-state index contributed by atoms with van der Waals surface area (Å²) >= 11 is 1.70. The molecule has 172 valence electrons. The molecule has 1 fully saturated rings. The van der Waals surface area contributed by atoms with Gasteiger partial charge in [-0.05, 0) is 63.1 Å². The van der Waals surface area contributed by atoms with E-state index < -0.39 is 0 Å². The molecule has 0 bridgehead atoms. The Morgan fingerprint density at radius 3 is 2.55 bits per heavy atom. The van der Waals surface area contributed by atoms with Crippen molar-refractivity contribution in [3.63, 3.8) is 0 Å². The predicted octanol–water partition coefficient (Wildman–Crippen LogP) is 4.44. The van der Waals surface area contributed by atoms with Gasteiger partial charge in [0.05, 0.1) is 27.5 Å². The van der Waals surface area contributed by atoms with Crippen molar-refractivity contribution in [3.8, 4) is 10.6 Å². The molecule has 6 rings (SSSR count). The molecule has 4 aromatic heterocycles. The number of hydrogen-bond acceptors (Lipinski definition) is 7. The van der Waals surface area contributed by atoms with E-state index >= 15 is 0 Å². The average molecular weight is 482 g/mol. The highest BCUT2D eigenvalue weighted by atomic mass is 35.5. The molecule has 7 nitrogen and oxygen atoms in total. The molecule has 33 heavy (non-hydrogen) atoms. The number of fused-ring (bicyclic) bond motifs is 2. The molecule has 5 heterocycles. The van der Waals surface area contributed by atoms with Crippen LogP contribution in [0.3, 0.4) is 0 Å². The van der Waals surface area contributed by atoms with Crippen LogP contribution in [0, 0.1) is 26.2 Å². The largest absolute Gasteiger partial charge is 0.355 e. The van der Waals surface area contributed by atoms with Gasteiger partial charge in [-0.15, -0.1) is 23.7 Å². The molecule has 1 saturated heterocycles. The van der Waals surface area contributed by atoms with Crippen LogP contribution in [0.25, 0.3) is 16.1 Å². The molecule has 0 radical (unpaired) electrons. The lowest BCUT2D eigenvalue weighted by atomic mass is 9.73. The van der Waals surface area contributed by atoms with Crippen molar-refractivity contribution in [2.45, 2.75) is 46.1 Å². The van der Waals surface area contributed by atoms with Crippen molar-refractivity contribution < 1.29 is 0 Å². The number of anilines is 1. The highest BCUT2D eigenvalue weighted by Gasteiger charge is 2.46. The maximum Gasteiger partial charge on any atom is 0.155 e. The lowest BCUT2D eigenvalue weighted by Crippen LogP contribution is -2.44. The van der Waals surface area contributed by atoms with Crippen LogP contribution in [0.15, 0.2) is 30.6 Å². The number of aryl methyl sites for hydroxylation is 3. The van der Waals surface area contributed by atoms with Crippen LogP contribution in [0.4, 0.5) is 5.82 Å². The summed E-state index contributed by atoms with van der Waals surface area (Å²) in [5, 5.41) is 5.73. The fraction of sp³-hybridized carbons (Fsp3) is 0.417. The summed E-state index contributed by atoms with van der Waals surface area (Å²) < 4.78 is 2.04. The van der Waals surface area contributed by atoms with E-state index in [1.54, 1.807) is 11.3 Å². The number of rotatable bonds is 2. The summed E-state index contributed by atoms with van der Waals surface area (Å²) in [6, 6.07) is 6.29. The van der Waals surface area contributed by atoms with Gasteiger partial charge in [-0.1, -0.05) is 6.07 Å². The molecule has 1 aliphatic heterocycles. The SMILES string of the molecule is Cc1nc(C)c(-c2c(C)nc(N3CCC4(CC3)Cc3ncccc3[C@H]4N)c3ccnn23)s1.Cl. The Labute approximate surface area is 203 Å². The van der Waals surface area contributed by atoms with Gasteiger partial charge in [0.25, 0.3) is 0 Å². The first kappa shape index (κ1) is 22.3. The van der Waals surface area contributed by atoms with E-state index in [4.69, 9.17) is 10.7 Å². The minimum Gasteiger partial charge on any atom is -0.355 e. The number of thiazole rings is 1. The van der Waals surface area contributed by atoms with Crippen LogP contribution < -0.4 is 10.6 Å². The van der Waals surface area contributed by atoms with Crippen LogP contribution in [0.1, 0.15) is 46.5 Å². The number of aromatic nitrogens is 5. The van der Waals surface area contributed by atoms with Crippen LogP contribution in [-0.4, -0.2) is 37.7 Å². The first-order chi connectivity index (χ1) is 15.5. The molecule has 4 aromatic rings. The van der Waals surface area contributed by atoms with E-state index in [1.807, 2.05) is 29.9 Å². The first-order valence-electron chi connectivity index (χ1n) is 11.2. The lowest BCUT2D eigenvalue weighted by Gasteiger charge is -2.42. The van der Waals surface area contributed by atoms with Gasteiger partial charge in [0.1, 0.15) is 11.2 Å².